The second-order valence-electron chi connectivity index (χ2n) is 26.4. The van der Waals surface area contributed by atoms with Gasteiger partial charge in [-0.25, -0.2) is 0 Å². The van der Waals surface area contributed by atoms with Crippen LogP contribution in [0.4, 0.5) is 0 Å². The van der Waals surface area contributed by atoms with Crippen molar-refractivity contribution in [1.82, 2.24) is 0 Å². The van der Waals surface area contributed by atoms with Gasteiger partial charge in [0, 0.05) is 17.8 Å². The van der Waals surface area contributed by atoms with Gasteiger partial charge >= 0.3 is 0 Å². The third kappa shape index (κ3) is 6.00. The van der Waals surface area contributed by atoms with Crippen molar-refractivity contribution in [2.24, 2.45) is 11.8 Å². The predicted molar refractivity (Wildman–Crippen MR) is 372 cm³/mol. The van der Waals surface area contributed by atoms with E-state index in [1.165, 1.54) is 204 Å². The zero-order valence-electron chi connectivity index (χ0n) is 48.6. The molecule has 10 aliphatic carbocycles. The van der Waals surface area contributed by atoms with Crippen LogP contribution in [0.25, 0.3) is 115 Å². The third-order valence-corrected chi connectivity index (χ3v) is 22.4. The SMILES string of the molecule is C1=CC2=CC=C3C4=C(C=CC(=C1)C24)C=CC3c1ccc2c(c1)C1(c3cc(C4=C5C=CC6=C7C(=CC=C(C=C4)C57)CC=C6)ccc3-c3ccc(-c4ccc5ccc6cccc7ccc4c5c67)cc31)c1cc(-c3ccc4ccc5cccc6ccc3c4c56)ccc1-2. The van der Waals surface area contributed by atoms with Crippen molar-refractivity contribution < 1.29 is 0 Å². The summed E-state index contributed by atoms with van der Waals surface area (Å²) in [4.78, 5) is 0. The van der Waals surface area contributed by atoms with Crippen LogP contribution in [-0.4, -0.2) is 0 Å². The van der Waals surface area contributed by atoms with Gasteiger partial charge < -0.3 is 0 Å². The molecular weight excluding hydrogens is 1070 g/mol. The zero-order valence-corrected chi connectivity index (χ0v) is 48.6. The maximum absolute atomic E-state index is 2.67. The lowest BCUT2D eigenvalue weighted by Gasteiger charge is -2.38. The van der Waals surface area contributed by atoms with Gasteiger partial charge in [-0.3, -0.25) is 0 Å². The third-order valence-electron chi connectivity index (χ3n) is 22.4. The highest BCUT2D eigenvalue weighted by atomic mass is 14.5. The van der Waals surface area contributed by atoms with E-state index in [1.807, 2.05) is 0 Å². The first-order chi connectivity index (χ1) is 44.1. The summed E-state index contributed by atoms with van der Waals surface area (Å²) >= 11 is 0. The maximum atomic E-state index is 2.67. The van der Waals surface area contributed by atoms with Crippen LogP contribution in [0.5, 0.6) is 0 Å². The number of hydrogen-bond donors (Lipinski definition) is 0. The average molecular weight is 1120 g/mol. The number of benzene rings is 12. The first kappa shape index (κ1) is 47.3. The van der Waals surface area contributed by atoms with Crippen molar-refractivity contribution in [2.45, 2.75) is 17.8 Å². The molecule has 12 aromatic rings. The van der Waals surface area contributed by atoms with Crippen molar-refractivity contribution >= 4 is 70.2 Å². The highest BCUT2D eigenvalue weighted by molar-refractivity contribution is 6.27. The number of rotatable bonds is 4. The van der Waals surface area contributed by atoms with E-state index in [1.54, 1.807) is 0 Å². The first-order valence-corrected chi connectivity index (χ1v) is 31.9. The molecule has 0 fully saturated rings. The Morgan fingerprint density at radius 3 is 1.54 bits per heavy atom. The molecule has 408 valence electrons. The second-order valence-corrected chi connectivity index (χ2v) is 26.4. The Kier molecular flexibility index (Phi) is 8.91. The van der Waals surface area contributed by atoms with E-state index in [0.717, 1.165) is 6.42 Å². The fraction of sp³-hybridized carbons (Fsp3) is 0.0562. The lowest BCUT2D eigenvalue weighted by Crippen LogP contribution is -2.27. The Bertz CT molecular complexity index is 5720. The molecule has 10 aliphatic rings. The fourth-order valence-corrected chi connectivity index (χ4v) is 18.6. The number of hydrogen-bond acceptors (Lipinski definition) is 0. The van der Waals surface area contributed by atoms with Crippen LogP contribution in [0.15, 0.2) is 341 Å². The minimum absolute atomic E-state index is 0.0715. The van der Waals surface area contributed by atoms with Crippen molar-refractivity contribution in [3.05, 3.63) is 374 Å². The summed E-state index contributed by atoms with van der Waals surface area (Å²) in [7, 11) is 0. The van der Waals surface area contributed by atoms with Crippen LogP contribution in [-0.2, 0) is 5.41 Å². The van der Waals surface area contributed by atoms with Crippen LogP contribution >= 0.6 is 0 Å². The van der Waals surface area contributed by atoms with Crippen molar-refractivity contribution in [2.75, 3.05) is 0 Å². The quantitative estimate of drug-likeness (QED) is 0.154. The number of allylic oxidation sites excluding steroid dienone is 28. The number of fused-ring (bicyclic) bond motifs is 10. The molecule has 1 spiro atoms. The lowest BCUT2D eigenvalue weighted by atomic mass is 9.65. The molecule has 12 aromatic carbocycles. The van der Waals surface area contributed by atoms with Crippen LogP contribution in [0.2, 0.25) is 0 Å². The van der Waals surface area contributed by atoms with E-state index in [0.29, 0.717) is 0 Å². The molecule has 22 rings (SSSR count). The monoisotopic (exact) mass is 1120 g/mol. The highest BCUT2D eigenvalue weighted by Gasteiger charge is 2.53. The highest BCUT2D eigenvalue weighted by Crippen LogP contribution is 2.65. The summed E-state index contributed by atoms with van der Waals surface area (Å²) in [5, 5.41) is 15.7. The normalized spacial score (nSPS) is 21.5. The van der Waals surface area contributed by atoms with Crippen molar-refractivity contribution in [3.8, 4) is 44.5 Å². The van der Waals surface area contributed by atoms with E-state index in [4.69, 9.17) is 0 Å². The Labute approximate surface area is 515 Å². The predicted octanol–water partition coefficient (Wildman–Crippen LogP) is 22.3. The van der Waals surface area contributed by atoms with Crippen LogP contribution in [0.1, 0.15) is 45.7 Å². The van der Waals surface area contributed by atoms with Crippen molar-refractivity contribution in [3.63, 3.8) is 0 Å². The van der Waals surface area contributed by atoms with Gasteiger partial charge in [0.1, 0.15) is 0 Å². The second kappa shape index (κ2) is 16.8. The largest absolute Gasteiger partial charge is 0.0795 e. The van der Waals surface area contributed by atoms with Crippen LogP contribution in [0.3, 0.4) is 0 Å². The molecule has 0 heterocycles. The molecule has 0 aromatic heterocycles. The van der Waals surface area contributed by atoms with Gasteiger partial charge in [0.2, 0.25) is 0 Å². The lowest BCUT2D eigenvalue weighted by molar-refractivity contribution is 0.783. The van der Waals surface area contributed by atoms with Gasteiger partial charge in [-0.2, -0.15) is 0 Å². The van der Waals surface area contributed by atoms with Gasteiger partial charge in [0.15, 0.2) is 0 Å². The molecule has 0 nitrogen and oxygen atoms in total. The van der Waals surface area contributed by atoms with E-state index in [9.17, 15) is 0 Å². The summed E-state index contributed by atoms with van der Waals surface area (Å²) in [5.74, 6) is 0.539. The molecular formula is C89H52. The first-order valence-electron chi connectivity index (χ1n) is 31.9. The topological polar surface area (TPSA) is 0 Å². The molecule has 0 radical (unpaired) electrons. The Morgan fingerprint density at radius 1 is 0.348 bits per heavy atom. The van der Waals surface area contributed by atoms with E-state index >= 15 is 0 Å². The van der Waals surface area contributed by atoms with Crippen molar-refractivity contribution in [1.29, 1.82) is 0 Å². The molecule has 0 saturated carbocycles. The zero-order chi connectivity index (χ0) is 57.5. The van der Waals surface area contributed by atoms with Gasteiger partial charge in [-0.15, -0.1) is 0 Å². The van der Waals surface area contributed by atoms with E-state index < -0.39 is 5.41 Å². The molecule has 4 atom stereocenters. The van der Waals surface area contributed by atoms with Gasteiger partial charge in [0.25, 0.3) is 0 Å². The molecule has 0 saturated heterocycles. The summed E-state index contributed by atoms with van der Waals surface area (Å²) < 4.78 is 0. The molecule has 0 aliphatic heterocycles. The summed E-state index contributed by atoms with van der Waals surface area (Å²) in [6.07, 6.45) is 41.4. The van der Waals surface area contributed by atoms with Gasteiger partial charge in [0.05, 0.1) is 5.41 Å². The minimum Gasteiger partial charge on any atom is -0.0795 e. The molecule has 0 amide bonds. The molecule has 4 unspecified atom stereocenters. The van der Waals surface area contributed by atoms with Crippen LogP contribution < -0.4 is 0 Å². The summed E-state index contributed by atoms with van der Waals surface area (Å²) in [6, 6.07) is 72.0. The Balaban J connectivity index is 0.826. The van der Waals surface area contributed by atoms with Gasteiger partial charge in [-0.05, 0) is 228 Å². The smallest absolute Gasteiger partial charge is 0.0726 e. The summed E-state index contributed by atoms with van der Waals surface area (Å²) in [6.45, 7) is 0. The molecule has 0 bridgehead atoms. The Morgan fingerprint density at radius 2 is 0.865 bits per heavy atom. The standard InChI is InChI=1S/C89H52/c1-5-49-13-17-57-21-33-65(73-41-25-53(9-1)81(49)85(57)73)61-29-37-69-70-38-30-62(66-34-22-58-18-14-50-6-2-10-54-26-42-74(66)86(58)82(50)54)46-78(70)89(77(69)45-61)79-47-63(67-35-23-59-19-15-51-7-3-11-55-27-43-75(67)87(59)83(51)55)31-39-71(79)72-40-32-64(48-80(72)89)68-36-24-60-20-16-52-8-4-12-56-28-44-76(68)88(60)84(52)56/h1-7,9-48,65,81,88H,8H2. The van der Waals surface area contributed by atoms with E-state index in [2.05, 4.69) is 285 Å². The average Bonchev–Trinajstić information content (AvgIpc) is 1.54. The molecule has 0 heteroatoms. The molecule has 0 N–H and O–H groups in total. The minimum atomic E-state index is -0.711. The fourth-order valence-electron chi connectivity index (χ4n) is 18.6. The van der Waals surface area contributed by atoms with Crippen LogP contribution in [0, 0.1) is 11.8 Å². The summed E-state index contributed by atoms with van der Waals surface area (Å²) in [5.41, 5.74) is 32.8. The molecule has 89 heavy (non-hydrogen) atoms. The Hall–Kier alpha value is -10.9. The maximum Gasteiger partial charge on any atom is 0.0726 e. The van der Waals surface area contributed by atoms with E-state index in [-0.39, 0.29) is 17.8 Å². The van der Waals surface area contributed by atoms with Gasteiger partial charge in [-0.1, -0.05) is 267 Å².